The molecular weight excluding hydrogens is 328 g/mol. The molecular formula is C21H26N2O3. The number of nitrogens with one attached hydrogen (secondary N) is 2. The Morgan fingerprint density at radius 2 is 1.85 bits per heavy atom. The molecule has 0 spiro atoms. The van der Waals surface area contributed by atoms with E-state index in [1.807, 2.05) is 48.5 Å². The van der Waals surface area contributed by atoms with Gasteiger partial charge in [-0.3, -0.25) is 4.79 Å². The molecule has 0 heterocycles. The topological polar surface area (TPSA) is 59.6 Å². The summed E-state index contributed by atoms with van der Waals surface area (Å²) in [5.41, 5.74) is 1.92. The van der Waals surface area contributed by atoms with Crippen LogP contribution >= 0.6 is 0 Å². The van der Waals surface area contributed by atoms with Gasteiger partial charge in [0.25, 0.3) is 0 Å². The molecule has 1 saturated carbocycles. The number of rotatable bonds is 8. The summed E-state index contributed by atoms with van der Waals surface area (Å²) in [5, 5.41) is 6.06. The fraction of sp³-hybridized carbons (Fsp3) is 0.381. The second-order valence-corrected chi connectivity index (χ2v) is 6.53. The molecule has 1 aliphatic carbocycles. The summed E-state index contributed by atoms with van der Waals surface area (Å²) in [6, 6.07) is 15.5. The maximum absolute atomic E-state index is 12.0. The van der Waals surface area contributed by atoms with Gasteiger partial charge < -0.3 is 20.1 Å². The van der Waals surface area contributed by atoms with E-state index in [4.69, 9.17) is 9.47 Å². The number of hydrogen-bond donors (Lipinski definition) is 2. The Morgan fingerprint density at radius 3 is 2.58 bits per heavy atom. The van der Waals surface area contributed by atoms with Gasteiger partial charge in [-0.25, -0.2) is 0 Å². The third-order valence-corrected chi connectivity index (χ3v) is 4.54. The number of ether oxygens (including phenoxy) is 2. The summed E-state index contributed by atoms with van der Waals surface area (Å²) in [5.74, 6) is 1.62. The monoisotopic (exact) mass is 354 g/mol. The highest BCUT2D eigenvalue weighted by atomic mass is 16.5. The quantitative estimate of drug-likeness (QED) is 0.758. The van der Waals surface area contributed by atoms with Gasteiger partial charge in [0.1, 0.15) is 11.5 Å². The predicted octanol–water partition coefficient (Wildman–Crippen LogP) is 3.74. The summed E-state index contributed by atoms with van der Waals surface area (Å²) in [6.45, 7) is 0.721. The van der Waals surface area contributed by atoms with Crippen LogP contribution in [0, 0.1) is 0 Å². The number of methoxy groups -OCH3 is 1. The Kier molecular flexibility index (Phi) is 6.36. The predicted molar refractivity (Wildman–Crippen MR) is 103 cm³/mol. The van der Waals surface area contributed by atoms with E-state index in [0.717, 1.165) is 35.6 Å². The first-order valence-corrected chi connectivity index (χ1v) is 9.13. The van der Waals surface area contributed by atoms with Crippen molar-refractivity contribution in [1.29, 1.82) is 0 Å². The van der Waals surface area contributed by atoms with Crippen LogP contribution in [0.15, 0.2) is 48.5 Å². The maximum atomic E-state index is 12.0. The van der Waals surface area contributed by atoms with Gasteiger partial charge in [0, 0.05) is 18.3 Å². The molecule has 2 N–H and O–H groups in total. The molecule has 0 saturated heterocycles. The average molecular weight is 354 g/mol. The van der Waals surface area contributed by atoms with Crippen molar-refractivity contribution in [2.24, 2.45) is 0 Å². The van der Waals surface area contributed by atoms with E-state index in [0.29, 0.717) is 12.6 Å². The highest BCUT2D eigenvalue weighted by Gasteiger charge is 2.16. The number of carbonyl (C=O) groups is 1. The fourth-order valence-corrected chi connectivity index (χ4v) is 3.07. The van der Waals surface area contributed by atoms with Gasteiger partial charge in [0.05, 0.1) is 19.8 Å². The second-order valence-electron chi connectivity index (χ2n) is 6.53. The highest BCUT2D eigenvalue weighted by molar-refractivity contribution is 5.80. The van der Waals surface area contributed by atoms with Crippen LogP contribution in [-0.4, -0.2) is 25.7 Å². The molecule has 0 aliphatic heterocycles. The van der Waals surface area contributed by atoms with E-state index in [2.05, 4.69) is 10.6 Å². The molecule has 5 nitrogen and oxygen atoms in total. The summed E-state index contributed by atoms with van der Waals surface area (Å²) < 4.78 is 11.1. The van der Waals surface area contributed by atoms with E-state index >= 15 is 0 Å². The van der Waals surface area contributed by atoms with Crippen LogP contribution in [0.4, 0.5) is 5.69 Å². The van der Waals surface area contributed by atoms with Crippen LogP contribution in [-0.2, 0) is 11.3 Å². The average Bonchev–Trinajstić information content (AvgIpc) is 3.18. The summed E-state index contributed by atoms with van der Waals surface area (Å²) in [4.78, 5) is 12.0. The first-order chi connectivity index (χ1) is 12.7. The lowest BCUT2D eigenvalue weighted by atomic mass is 10.2. The number of amides is 1. The first-order valence-electron chi connectivity index (χ1n) is 9.13. The Hall–Kier alpha value is -2.69. The van der Waals surface area contributed by atoms with Crippen molar-refractivity contribution >= 4 is 11.6 Å². The van der Waals surface area contributed by atoms with Gasteiger partial charge in [-0.05, 0) is 55.5 Å². The summed E-state index contributed by atoms with van der Waals surface area (Å²) >= 11 is 0. The van der Waals surface area contributed by atoms with Crippen LogP contribution in [0.3, 0.4) is 0 Å². The number of hydrogen-bond acceptors (Lipinski definition) is 4. The van der Waals surface area contributed by atoms with Crippen LogP contribution in [0.5, 0.6) is 11.5 Å². The van der Waals surface area contributed by atoms with Crippen molar-refractivity contribution in [3.8, 4) is 11.5 Å². The van der Waals surface area contributed by atoms with Gasteiger partial charge >= 0.3 is 0 Å². The lowest BCUT2D eigenvalue weighted by Gasteiger charge is -2.14. The van der Waals surface area contributed by atoms with E-state index in [1.165, 1.54) is 12.8 Å². The van der Waals surface area contributed by atoms with Gasteiger partial charge in [-0.2, -0.15) is 0 Å². The molecule has 0 aromatic heterocycles. The molecule has 138 valence electrons. The van der Waals surface area contributed by atoms with Crippen LogP contribution in [0.2, 0.25) is 0 Å². The molecule has 26 heavy (non-hydrogen) atoms. The lowest BCUT2D eigenvalue weighted by Crippen LogP contribution is -2.29. The van der Waals surface area contributed by atoms with E-state index in [-0.39, 0.29) is 12.5 Å². The second kappa shape index (κ2) is 9.13. The zero-order chi connectivity index (χ0) is 18.2. The van der Waals surface area contributed by atoms with Crippen LogP contribution < -0.4 is 20.1 Å². The van der Waals surface area contributed by atoms with Crippen molar-refractivity contribution in [3.63, 3.8) is 0 Å². The third kappa shape index (κ3) is 5.41. The lowest BCUT2D eigenvalue weighted by molar-refractivity contribution is -0.119. The molecule has 5 heteroatoms. The Bertz CT molecular complexity index is 709. The summed E-state index contributed by atoms with van der Waals surface area (Å²) in [7, 11) is 1.64. The maximum Gasteiger partial charge on any atom is 0.239 e. The molecule has 0 unspecified atom stereocenters. The minimum absolute atomic E-state index is 0.0528. The Balaban J connectivity index is 1.43. The van der Waals surface area contributed by atoms with E-state index in [1.54, 1.807) is 7.11 Å². The third-order valence-electron chi connectivity index (χ3n) is 4.54. The standard InChI is InChI=1S/C21H26N2O3/c1-25-18-11-9-16(10-12-18)14-23-21(24)15-22-17-5-4-8-20(13-17)26-19-6-2-3-7-19/h4-5,8-13,19,22H,2-3,6-7,14-15H2,1H3,(H,23,24). The normalized spacial score (nSPS) is 14.0. The Labute approximate surface area is 154 Å². The molecule has 2 aromatic carbocycles. The van der Waals surface area contributed by atoms with E-state index < -0.39 is 0 Å². The van der Waals surface area contributed by atoms with Crippen molar-refractivity contribution in [2.75, 3.05) is 19.0 Å². The van der Waals surface area contributed by atoms with Gasteiger partial charge in [0.2, 0.25) is 5.91 Å². The van der Waals surface area contributed by atoms with E-state index in [9.17, 15) is 4.79 Å². The van der Waals surface area contributed by atoms with Gasteiger partial charge in [-0.1, -0.05) is 18.2 Å². The molecule has 2 aromatic rings. The minimum Gasteiger partial charge on any atom is -0.497 e. The first kappa shape index (κ1) is 18.1. The summed E-state index contributed by atoms with van der Waals surface area (Å²) in [6.07, 6.45) is 5.09. The molecule has 1 aliphatic rings. The molecule has 0 bridgehead atoms. The zero-order valence-electron chi connectivity index (χ0n) is 15.2. The van der Waals surface area contributed by atoms with Crippen molar-refractivity contribution in [2.45, 2.75) is 38.3 Å². The SMILES string of the molecule is COc1ccc(CNC(=O)CNc2cccc(OC3CCCC3)c2)cc1. The van der Waals surface area contributed by atoms with Gasteiger partial charge in [-0.15, -0.1) is 0 Å². The fourth-order valence-electron chi connectivity index (χ4n) is 3.07. The zero-order valence-corrected chi connectivity index (χ0v) is 15.2. The van der Waals surface area contributed by atoms with Gasteiger partial charge in [0.15, 0.2) is 0 Å². The number of anilines is 1. The molecule has 1 fully saturated rings. The smallest absolute Gasteiger partial charge is 0.239 e. The molecule has 1 amide bonds. The highest BCUT2D eigenvalue weighted by Crippen LogP contribution is 2.25. The minimum atomic E-state index is -0.0528. The number of benzene rings is 2. The molecule has 3 rings (SSSR count). The van der Waals surface area contributed by atoms with Crippen LogP contribution in [0.25, 0.3) is 0 Å². The van der Waals surface area contributed by atoms with Crippen molar-refractivity contribution < 1.29 is 14.3 Å². The van der Waals surface area contributed by atoms with Crippen molar-refractivity contribution in [3.05, 3.63) is 54.1 Å². The van der Waals surface area contributed by atoms with Crippen molar-refractivity contribution in [1.82, 2.24) is 5.32 Å². The Morgan fingerprint density at radius 1 is 1.08 bits per heavy atom. The molecule has 0 atom stereocenters. The number of carbonyl (C=O) groups excluding carboxylic acids is 1. The largest absolute Gasteiger partial charge is 0.497 e. The molecule has 0 radical (unpaired) electrons. The van der Waals surface area contributed by atoms with Crippen LogP contribution in [0.1, 0.15) is 31.2 Å².